The minimum Gasteiger partial charge on any atom is -0.345 e. The van der Waals surface area contributed by atoms with E-state index in [1.54, 1.807) is 11.9 Å². The molecule has 1 amide bonds. The molecule has 0 unspecified atom stereocenters. The van der Waals surface area contributed by atoms with Gasteiger partial charge in [0.2, 0.25) is 5.91 Å². The Kier molecular flexibility index (Phi) is 3.26. The molecule has 1 N–H and O–H groups in total. The van der Waals surface area contributed by atoms with Crippen LogP contribution in [-0.4, -0.2) is 34.4 Å². The summed E-state index contributed by atoms with van der Waals surface area (Å²) in [6, 6.07) is 1.51. The zero-order valence-corrected chi connectivity index (χ0v) is 10.2. The number of likely N-dealkylation sites (N-methyl/N-ethyl adjacent to an activating group) is 1. The zero-order chi connectivity index (χ0) is 12.4. The summed E-state index contributed by atoms with van der Waals surface area (Å²) in [7, 11) is 1.78. The maximum Gasteiger partial charge on any atom is 0.251 e. The summed E-state index contributed by atoms with van der Waals surface area (Å²) in [5.41, 5.74) is 0.621. The van der Waals surface area contributed by atoms with Crippen LogP contribution in [0.4, 0.5) is 0 Å². The van der Waals surface area contributed by atoms with Crippen LogP contribution in [0.1, 0.15) is 37.2 Å². The van der Waals surface area contributed by atoms with Crippen molar-refractivity contribution in [3.63, 3.8) is 0 Å². The van der Waals surface area contributed by atoms with E-state index in [-0.39, 0.29) is 17.4 Å². The molecule has 5 nitrogen and oxygen atoms in total. The van der Waals surface area contributed by atoms with Crippen LogP contribution in [0.15, 0.2) is 10.9 Å². The monoisotopic (exact) mass is 235 g/mol. The third-order valence-electron chi connectivity index (χ3n) is 3.06. The van der Waals surface area contributed by atoms with Crippen LogP contribution < -0.4 is 5.56 Å². The molecule has 1 atom stereocenters. The van der Waals surface area contributed by atoms with Crippen LogP contribution in [0.25, 0.3) is 0 Å². The zero-order valence-electron chi connectivity index (χ0n) is 10.2. The van der Waals surface area contributed by atoms with Gasteiger partial charge in [-0.2, -0.15) is 0 Å². The molecule has 5 heteroatoms. The van der Waals surface area contributed by atoms with Gasteiger partial charge in [-0.15, -0.1) is 0 Å². The molecule has 1 fully saturated rings. The van der Waals surface area contributed by atoms with Crippen LogP contribution in [0.3, 0.4) is 0 Å². The van der Waals surface area contributed by atoms with E-state index in [0.29, 0.717) is 13.0 Å². The van der Waals surface area contributed by atoms with Gasteiger partial charge in [0.25, 0.3) is 5.56 Å². The number of likely N-dealkylation sites (tertiary alicyclic amines) is 1. The first-order chi connectivity index (χ1) is 8.10. The lowest BCUT2D eigenvalue weighted by Crippen LogP contribution is -2.19. The molecule has 1 aromatic rings. The summed E-state index contributed by atoms with van der Waals surface area (Å²) in [6.45, 7) is 2.69. The topological polar surface area (TPSA) is 66.1 Å². The van der Waals surface area contributed by atoms with Gasteiger partial charge >= 0.3 is 0 Å². The smallest absolute Gasteiger partial charge is 0.251 e. The Morgan fingerprint density at radius 2 is 2.29 bits per heavy atom. The first kappa shape index (κ1) is 11.8. The highest BCUT2D eigenvalue weighted by Crippen LogP contribution is 2.24. The van der Waals surface area contributed by atoms with E-state index in [1.807, 2.05) is 6.92 Å². The second-order valence-corrected chi connectivity index (χ2v) is 4.54. The fourth-order valence-corrected chi connectivity index (χ4v) is 2.15. The van der Waals surface area contributed by atoms with E-state index in [1.165, 1.54) is 6.07 Å². The molecule has 0 aliphatic carbocycles. The van der Waals surface area contributed by atoms with Crippen molar-refractivity contribution >= 4 is 5.91 Å². The molecule has 0 radical (unpaired) electrons. The van der Waals surface area contributed by atoms with Crippen molar-refractivity contribution in [1.82, 2.24) is 14.9 Å². The Morgan fingerprint density at radius 3 is 2.88 bits per heavy atom. The quantitative estimate of drug-likeness (QED) is 0.837. The molecule has 1 aromatic heterocycles. The fraction of sp³-hybridized carbons (Fsp3) is 0.583. The van der Waals surface area contributed by atoms with E-state index in [9.17, 15) is 9.59 Å². The Morgan fingerprint density at radius 1 is 1.53 bits per heavy atom. The average Bonchev–Trinajstić information content (AvgIpc) is 2.59. The molecule has 2 heterocycles. The van der Waals surface area contributed by atoms with Crippen LogP contribution in [0.2, 0.25) is 0 Å². The second kappa shape index (κ2) is 4.69. The minimum absolute atomic E-state index is 0.0606. The van der Waals surface area contributed by atoms with Gasteiger partial charge in [0, 0.05) is 38.4 Å². The number of nitrogens with zero attached hydrogens (tertiary/aromatic N) is 2. The third-order valence-corrected chi connectivity index (χ3v) is 3.06. The van der Waals surface area contributed by atoms with Gasteiger partial charge < -0.3 is 9.88 Å². The van der Waals surface area contributed by atoms with Crippen molar-refractivity contribution in [2.45, 2.75) is 32.1 Å². The molecule has 17 heavy (non-hydrogen) atoms. The summed E-state index contributed by atoms with van der Waals surface area (Å²) >= 11 is 0. The molecule has 0 spiro atoms. The van der Waals surface area contributed by atoms with Gasteiger partial charge in [0.1, 0.15) is 5.82 Å². The van der Waals surface area contributed by atoms with Crippen LogP contribution in [-0.2, 0) is 11.2 Å². The van der Waals surface area contributed by atoms with Crippen LogP contribution in [0.5, 0.6) is 0 Å². The number of aromatic nitrogens is 2. The maximum absolute atomic E-state index is 11.5. The molecule has 1 saturated heterocycles. The van der Waals surface area contributed by atoms with Gasteiger partial charge in [-0.1, -0.05) is 6.92 Å². The van der Waals surface area contributed by atoms with Gasteiger partial charge in [0.15, 0.2) is 0 Å². The molecule has 1 aliphatic heterocycles. The lowest BCUT2D eigenvalue weighted by molar-refractivity contribution is -0.126. The Hall–Kier alpha value is -1.65. The van der Waals surface area contributed by atoms with E-state index in [0.717, 1.165) is 24.4 Å². The van der Waals surface area contributed by atoms with Crippen molar-refractivity contribution in [2.75, 3.05) is 13.6 Å². The molecule has 0 aromatic carbocycles. The predicted molar refractivity (Wildman–Crippen MR) is 63.8 cm³/mol. The predicted octanol–water partition coefficient (Wildman–Crippen LogP) is 0.668. The number of nitrogens with one attached hydrogen (secondary N) is 1. The summed E-state index contributed by atoms with van der Waals surface area (Å²) in [5.74, 6) is 0.900. The van der Waals surface area contributed by atoms with Crippen molar-refractivity contribution in [3.05, 3.63) is 27.9 Å². The molecule has 0 saturated carbocycles. The number of rotatable bonds is 3. The number of amides is 1. The number of aromatic amines is 1. The lowest BCUT2D eigenvalue weighted by Gasteiger charge is -2.10. The van der Waals surface area contributed by atoms with Crippen molar-refractivity contribution in [1.29, 1.82) is 0 Å². The summed E-state index contributed by atoms with van der Waals surface area (Å²) in [5, 5.41) is 0. The summed E-state index contributed by atoms with van der Waals surface area (Å²) in [6.07, 6.45) is 2.16. The first-order valence-corrected chi connectivity index (χ1v) is 5.94. The van der Waals surface area contributed by atoms with E-state index >= 15 is 0 Å². The number of carbonyl (C=O) groups excluding carboxylic acids is 1. The number of hydrogen-bond acceptors (Lipinski definition) is 3. The van der Waals surface area contributed by atoms with Crippen LogP contribution >= 0.6 is 0 Å². The maximum atomic E-state index is 11.5. The van der Waals surface area contributed by atoms with Crippen molar-refractivity contribution in [3.8, 4) is 0 Å². The summed E-state index contributed by atoms with van der Waals surface area (Å²) in [4.78, 5) is 31.8. The van der Waals surface area contributed by atoms with E-state index < -0.39 is 0 Å². The van der Waals surface area contributed by atoms with Gasteiger partial charge in [-0.25, -0.2) is 4.98 Å². The lowest BCUT2D eigenvalue weighted by atomic mass is 10.0. The van der Waals surface area contributed by atoms with Gasteiger partial charge in [-0.3, -0.25) is 9.59 Å². The SMILES string of the molecule is CCCc1nc([C@H]2CC(=O)N(C)C2)cc(=O)[nH]1. The highest BCUT2D eigenvalue weighted by Gasteiger charge is 2.29. The van der Waals surface area contributed by atoms with Crippen molar-refractivity contribution in [2.24, 2.45) is 0 Å². The van der Waals surface area contributed by atoms with Crippen LogP contribution in [0, 0.1) is 0 Å². The fourth-order valence-electron chi connectivity index (χ4n) is 2.15. The molecule has 92 valence electrons. The number of carbonyl (C=O) groups is 1. The molecular weight excluding hydrogens is 218 g/mol. The number of hydrogen-bond donors (Lipinski definition) is 1. The molecule has 1 aliphatic rings. The third kappa shape index (κ3) is 2.54. The molecular formula is C12H17N3O2. The van der Waals surface area contributed by atoms with E-state index in [4.69, 9.17) is 0 Å². The number of aryl methyl sites for hydroxylation is 1. The molecule has 0 bridgehead atoms. The van der Waals surface area contributed by atoms with Gasteiger partial charge in [0.05, 0.1) is 5.69 Å². The Balaban J connectivity index is 2.27. The van der Waals surface area contributed by atoms with Crippen molar-refractivity contribution < 1.29 is 4.79 Å². The van der Waals surface area contributed by atoms with E-state index in [2.05, 4.69) is 9.97 Å². The average molecular weight is 235 g/mol. The molecule has 2 rings (SSSR count). The highest BCUT2D eigenvalue weighted by atomic mass is 16.2. The number of H-pyrrole nitrogens is 1. The van der Waals surface area contributed by atoms with Gasteiger partial charge in [-0.05, 0) is 6.42 Å². The Labute approximate surface area is 99.9 Å². The Bertz CT molecular complexity index is 481. The normalized spacial score (nSPS) is 20.0. The largest absolute Gasteiger partial charge is 0.345 e. The minimum atomic E-state index is -0.125. The first-order valence-electron chi connectivity index (χ1n) is 5.94. The summed E-state index contributed by atoms with van der Waals surface area (Å²) < 4.78 is 0. The standard InChI is InChI=1S/C12H17N3O2/c1-3-4-10-13-9(6-11(16)14-10)8-5-12(17)15(2)7-8/h6,8H,3-5,7H2,1-2H3,(H,13,14,16)/t8-/m0/s1. The second-order valence-electron chi connectivity index (χ2n) is 4.54. The highest BCUT2D eigenvalue weighted by molar-refractivity contribution is 5.79.